The predicted octanol–water partition coefficient (Wildman–Crippen LogP) is 8.00. The van der Waals surface area contributed by atoms with Gasteiger partial charge < -0.3 is 51.9 Å². The van der Waals surface area contributed by atoms with Crippen LogP contribution in [0.25, 0.3) is 21.5 Å². The van der Waals surface area contributed by atoms with E-state index in [1.165, 1.54) is 20.3 Å². The average Bonchev–Trinajstić information content (AvgIpc) is 3.74. The van der Waals surface area contributed by atoms with Crippen molar-refractivity contribution in [3.05, 3.63) is 117 Å². The number of oxime groups is 1. The van der Waals surface area contributed by atoms with Crippen LogP contribution in [0.15, 0.2) is 93.2 Å². The minimum atomic E-state index is -0.811. The summed E-state index contributed by atoms with van der Waals surface area (Å²) < 4.78 is 58.9. The summed E-state index contributed by atoms with van der Waals surface area (Å²) in [6, 6.07) is 24.1. The standard InChI is InChI=1S/C45H43NO13/c1-49-32-22-33(50-2)41(52-4)37-36(32)38(51-3)30(40(43(37)54-6)57-24-26-16-12-9-13-17-26)20-28-21-31(59-46-28)29-18-27-19-34(44(47)55-7)58-45(48)35(27)42(53-5)39(29)56-23-25-14-10-8-11-15-25/h8-19,22,31H,20-21,23-24H2,1-7H3. The highest BCUT2D eigenvalue weighted by Crippen LogP contribution is 2.56. The first kappa shape index (κ1) is 40.1. The Bertz CT molecular complexity index is 2590. The van der Waals surface area contributed by atoms with Crippen molar-refractivity contribution in [2.75, 3.05) is 49.8 Å². The zero-order chi connectivity index (χ0) is 41.6. The molecular weight excluding hydrogens is 762 g/mol. The van der Waals surface area contributed by atoms with Crippen LogP contribution in [0.5, 0.6) is 46.0 Å². The molecule has 14 nitrogen and oxygen atoms in total. The number of ether oxygens (including phenoxy) is 9. The van der Waals surface area contributed by atoms with Gasteiger partial charge in [-0.15, -0.1) is 0 Å². The summed E-state index contributed by atoms with van der Waals surface area (Å²) in [5.41, 5.74) is 2.75. The van der Waals surface area contributed by atoms with Crippen LogP contribution in [0, 0.1) is 0 Å². The van der Waals surface area contributed by atoms with Crippen LogP contribution in [0.3, 0.4) is 0 Å². The molecule has 59 heavy (non-hydrogen) atoms. The fraction of sp³-hybridized carbons (Fsp3) is 0.267. The molecule has 0 fully saturated rings. The molecule has 0 aliphatic carbocycles. The van der Waals surface area contributed by atoms with Gasteiger partial charge in [0.2, 0.25) is 5.76 Å². The van der Waals surface area contributed by atoms with Gasteiger partial charge in [-0.3, -0.25) is 0 Å². The third-order valence-electron chi connectivity index (χ3n) is 9.96. The normalized spacial score (nSPS) is 13.3. The minimum absolute atomic E-state index is 0.0836. The monoisotopic (exact) mass is 805 g/mol. The number of rotatable bonds is 16. The van der Waals surface area contributed by atoms with Gasteiger partial charge in [-0.1, -0.05) is 65.8 Å². The number of benzene rings is 5. The second kappa shape index (κ2) is 17.6. The summed E-state index contributed by atoms with van der Waals surface area (Å²) in [5.74, 6) is 1.75. The van der Waals surface area contributed by atoms with Crippen molar-refractivity contribution >= 4 is 33.2 Å². The zero-order valence-corrected chi connectivity index (χ0v) is 33.7. The van der Waals surface area contributed by atoms with Crippen molar-refractivity contribution in [3.8, 4) is 46.0 Å². The Labute approximate surface area is 339 Å². The van der Waals surface area contributed by atoms with Gasteiger partial charge in [0.25, 0.3) is 0 Å². The molecule has 5 aromatic carbocycles. The Morgan fingerprint density at radius 2 is 1.24 bits per heavy atom. The molecule has 1 aromatic heterocycles. The van der Waals surface area contributed by atoms with Crippen LogP contribution in [0.4, 0.5) is 0 Å². The summed E-state index contributed by atoms with van der Waals surface area (Å²) in [4.78, 5) is 32.1. The van der Waals surface area contributed by atoms with Crippen molar-refractivity contribution in [1.82, 2.24) is 0 Å². The smallest absolute Gasteiger partial charge is 0.374 e. The van der Waals surface area contributed by atoms with E-state index < -0.39 is 17.7 Å². The van der Waals surface area contributed by atoms with E-state index in [0.29, 0.717) is 67.5 Å². The lowest BCUT2D eigenvalue weighted by Crippen LogP contribution is -2.13. The number of hydrogen-bond donors (Lipinski definition) is 0. The summed E-state index contributed by atoms with van der Waals surface area (Å²) >= 11 is 0. The van der Waals surface area contributed by atoms with E-state index in [1.54, 1.807) is 47.7 Å². The Morgan fingerprint density at radius 1 is 0.644 bits per heavy atom. The van der Waals surface area contributed by atoms with Crippen LogP contribution in [0.2, 0.25) is 0 Å². The maximum absolute atomic E-state index is 13.4. The lowest BCUT2D eigenvalue weighted by molar-refractivity contribution is 0.0560. The molecule has 0 amide bonds. The lowest BCUT2D eigenvalue weighted by Gasteiger charge is -2.24. The lowest BCUT2D eigenvalue weighted by atomic mass is 9.94. The van der Waals surface area contributed by atoms with Gasteiger partial charge in [-0.05, 0) is 28.6 Å². The maximum Gasteiger partial charge on any atom is 0.374 e. The average molecular weight is 806 g/mol. The fourth-order valence-electron chi connectivity index (χ4n) is 7.28. The van der Waals surface area contributed by atoms with E-state index in [0.717, 1.165) is 11.1 Å². The Balaban J connectivity index is 1.35. The number of methoxy groups -OCH3 is 7. The van der Waals surface area contributed by atoms with Crippen molar-refractivity contribution in [1.29, 1.82) is 0 Å². The van der Waals surface area contributed by atoms with Crippen molar-refractivity contribution in [3.63, 3.8) is 0 Å². The van der Waals surface area contributed by atoms with Gasteiger partial charge in [-0.2, -0.15) is 0 Å². The van der Waals surface area contributed by atoms with E-state index in [-0.39, 0.29) is 48.7 Å². The number of hydrogen-bond acceptors (Lipinski definition) is 14. The highest BCUT2D eigenvalue weighted by Gasteiger charge is 2.34. The van der Waals surface area contributed by atoms with Crippen LogP contribution >= 0.6 is 0 Å². The molecule has 306 valence electrons. The molecule has 1 unspecified atom stereocenters. The molecule has 0 radical (unpaired) electrons. The summed E-state index contributed by atoms with van der Waals surface area (Å²) in [6.07, 6.45) is -0.259. The number of nitrogens with zero attached hydrogens (tertiary/aromatic N) is 1. The zero-order valence-electron chi connectivity index (χ0n) is 33.7. The van der Waals surface area contributed by atoms with Crippen LogP contribution in [0.1, 0.15) is 45.3 Å². The van der Waals surface area contributed by atoms with Crippen LogP contribution in [-0.2, 0) is 29.2 Å². The Hall–Kier alpha value is -7.09. The molecule has 6 aromatic rings. The summed E-state index contributed by atoms with van der Waals surface area (Å²) in [5, 5.41) is 6.10. The highest BCUT2D eigenvalue weighted by molar-refractivity contribution is 6.07. The predicted molar refractivity (Wildman–Crippen MR) is 218 cm³/mol. The minimum Gasteiger partial charge on any atom is -0.496 e. The first-order valence-electron chi connectivity index (χ1n) is 18.5. The summed E-state index contributed by atoms with van der Waals surface area (Å²) in [6.45, 7) is 0.350. The Kier molecular flexibility index (Phi) is 12.0. The second-order valence-corrected chi connectivity index (χ2v) is 13.3. The first-order chi connectivity index (χ1) is 28.8. The molecule has 0 spiro atoms. The second-order valence-electron chi connectivity index (χ2n) is 13.3. The number of carbonyl (C=O) groups excluding carboxylic acids is 1. The SMILES string of the molecule is COC(=O)c1cc2cc(C3CC(Cc4c(OCc5ccccc5)c(OC)c5c(OC)c(OC)cc(OC)c5c4OC)=NO3)c(OCc3ccccc3)c(OC)c2c(=O)o1. The van der Waals surface area contributed by atoms with E-state index in [4.69, 9.17) is 51.9 Å². The highest BCUT2D eigenvalue weighted by atomic mass is 16.6. The van der Waals surface area contributed by atoms with Gasteiger partial charge >= 0.3 is 11.6 Å². The molecular formula is C45H43NO13. The molecule has 1 aliphatic rings. The van der Waals surface area contributed by atoms with Gasteiger partial charge in [0.05, 0.1) is 66.3 Å². The Morgan fingerprint density at radius 3 is 1.81 bits per heavy atom. The van der Waals surface area contributed by atoms with Crippen molar-refractivity contribution < 1.29 is 56.7 Å². The number of carbonyl (C=O) groups is 1. The van der Waals surface area contributed by atoms with Crippen LogP contribution in [-0.4, -0.2) is 61.4 Å². The maximum atomic E-state index is 13.4. The molecule has 0 saturated carbocycles. The van der Waals surface area contributed by atoms with Crippen molar-refractivity contribution in [2.45, 2.75) is 32.2 Å². The summed E-state index contributed by atoms with van der Waals surface area (Å²) in [7, 11) is 10.4. The molecule has 1 aliphatic heterocycles. The van der Waals surface area contributed by atoms with E-state index in [2.05, 4.69) is 5.16 Å². The molecule has 0 saturated heterocycles. The third kappa shape index (κ3) is 7.68. The van der Waals surface area contributed by atoms with Gasteiger partial charge in [0.15, 0.2) is 40.6 Å². The molecule has 1 atom stereocenters. The van der Waals surface area contributed by atoms with Gasteiger partial charge in [0.1, 0.15) is 30.1 Å². The molecule has 2 heterocycles. The third-order valence-corrected chi connectivity index (χ3v) is 9.96. The van der Waals surface area contributed by atoms with E-state index >= 15 is 0 Å². The largest absolute Gasteiger partial charge is 0.496 e. The van der Waals surface area contributed by atoms with E-state index in [1.807, 2.05) is 60.7 Å². The van der Waals surface area contributed by atoms with E-state index in [9.17, 15) is 9.59 Å². The van der Waals surface area contributed by atoms with Gasteiger partial charge in [0, 0.05) is 30.0 Å². The fourth-order valence-corrected chi connectivity index (χ4v) is 7.28. The molecule has 0 N–H and O–H groups in total. The quantitative estimate of drug-likeness (QED) is 0.0870. The number of fused-ring (bicyclic) bond motifs is 2. The topological polar surface area (TPSA) is 152 Å². The first-order valence-corrected chi connectivity index (χ1v) is 18.5. The van der Waals surface area contributed by atoms with Crippen molar-refractivity contribution in [2.24, 2.45) is 5.16 Å². The van der Waals surface area contributed by atoms with Gasteiger partial charge in [-0.25, -0.2) is 9.59 Å². The van der Waals surface area contributed by atoms with Crippen LogP contribution < -0.4 is 43.5 Å². The molecule has 0 bridgehead atoms. The molecule has 7 rings (SSSR count). The molecule has 14 heteroatoms. The number of esters is 1.